The molecule has 0 unspecified atom stereocenters. The van der Waals surface area contributed by atoms with Crippen LogP contribution in [0.15, 0.2) is 24.3 Å². The number of alkyl halides is 1. The molecule has 0 saturated carbocycles. The van der Waals surface area contributed by atoms with Gasteiger partial charge in [-0.3, -0.25) is 9.48 Å². The van der Waals surface area contributed by atoms with Crippen molar-refractivity contribution in [1.82, 2.24) is 15.1 Å². The number of ether oxygens (including phenoxy) is 1. The second kappa shape index (κ2) is 10.3. The van der Waals surface area contributed by atoms with Gasteiger partial charge in [-0.15, -0.1) is 0 Å². The van der Waals surface area contributed by atoms with E-state index in [4.69, 9.17) is 4.74 Å². The van der Waals surface area contributed by atoms with E-state index in [1.165, 1.54) is 4.68 Å². The second-order valence-corrected chi connectivity index (χ2v) is 6.80. The molecule has 0 fully saturated rings. The summed E-state index contributed by atoms with van der Waals surface area (Å²) in [7, 11) is 1.72. The Bertz CT molecular complexity index is 734. The number of unbranched alkanes of at least 4 members (excludes halogenated alkanes) is 2. The SMILES string of the molecule is CCc1cc(C(=O)NCc2cccc(OCCCCCBr)c2F)n(C)n1. The Kier molecular flexibility index (Phi) is 8.09. The fourth-order valence-electron chi connectivity index (χ4n) is 2.54. The highest BCUT2D eigenvalue weighted by atomic mass is 79.9. The molecule has 0 atom stereocenters. The number of nitrogens with zero attached hydrogens (tertiary/aromatic N) is 2. The number of aromatic nitrogens is 2. The number of carbonyl (C=O) groups is 1. The number of hydrogen-bond acceptors (Lipinski definition) is 3. The third-order valence-corrected chi connectivity index (χ3v) is 4.60. The summed E-state index contributed by atoms with van der Waals surface area (Å²) in [5, 5.41) is 7.96. The normalized spacial score (nSPS) is 10.8. The Hall–Kier alpha value is -1.89. The van der Waals surface area contributed by atoms with E-state index >= 15 is 0 Å². The summed E-state index contributed by atoms with van der Waals surface area (Å²) in [6, 6.07) is 6.74. The first-order chi connectivity index (χ1) is 12.6. The van der Waals surface area contributed by atoms with Crippen LogP contribution in [0.1, 0.15) is 47.9 Å². The summed E-state index contributed by atoms with van der Waals surface area (Å²) in [6.45, 7) is 2.55. The van der Waals surface area contributed by atoms with Gasteiger partial charge in [0.2, 0.25) is 0 Å². The van der Waals surface area contributed by atoms with Gasteiger partial charge in [0, 0.05) is 24.5 Å². The molecule has 2 rings (SSSR count). The van der Waals surface area contributed by atoms with E-state index in [-0.39, 0.29) is 18.2 Å². The maximum absolute atomic E-state index is 14.5. The number of aryl methyl sites for hydroxylation is 2. The van der Waals surface area contributed by atoms with Crippen molar-refractivity contribution in [2.45, 2.75) is 39.2 Å². The van der Waals surface area contributed by atoms with Crippen molar-refractivity contribution in [1.29, 1.82) is 0 Å². The molecule has 1 amide bonds. The molecule has 1 aromatic heterocycles. The van der Waals surface area contributed by atoms with E-state index in [2.05, 4.69) is 26.3 Å². The molecule has 0 saturated heterocycles. The molecule has 0 aliphatic rings. The second-order valence-electron chi connectivity index (χ2n) is 6.01. The van der Waals surface area contributed by atoms with Gasteiger partial charge in [-0.25, -0.2) is 4.39 Å². The first-order valence-corrected chi connectivity index (χ1v) is 9.96. The van der Waals surface area contributed by atoms with Crippen LogP contribution in [-0.4, -0.2) is 27.6 Å². The lowest BCUT2D eigenvalue weighted by Crippen LogP contribution is -2.25. The minimum absolute atomic E-state index is 0.0953. The molecule has 2 aromatic rings. The van der Waals surface area contributed by atoms with E-state index in [1.54, 1.807) is 31.3 Å². The van der Waals surface area contributed by atoms with Gasteiger partial charge in [0.15, 0.2) is 11.6 Å². The Balaban J connectivity index is 1.93. The molecule has 5 nitrogen and oxygen atoms in total. The van der Waals surface area contributed by atoms with Crippen molar-refractivity contribution in [2.75, 3.05) is 11.9 Å². The van der Waals surface area contributed by atoms with Crippen LogP contribution in [0.2, 0.25) is 0 Å². The zero-order valence-electron chi connectivity index (χ0n) is 15.2. The van der Waals surface area contributed by atoms with Crippen molar-refractivity contribution in [2.24, 2.45) is 7.05 Å². The zero-order valence-corrected chi connectivity index (χ0v) is 16.8. The number of hydrogen-bond donors (Lipinski definition) is 1. The molecule has 7 heteroatoms. The summed E-state index contributed by atoms with van der Waals surface area (Å²) in [5.41, 5.74) is 1.70. The van der Waals surface area contributed by atoms with E-state index in [9.17, 15) is 9.18 Å². The molecular weight excluding hydrogens is 401 g/mol. The highest BCUT2D eigenvalue weighted by Crippen LogP contribution is 2.21. The first kappa shape index (κ1) is 20.4. The number of halogens is 2. The monoisotopic (exact) mass is 425 g/mol. The standard InChI is InChI=1S/C19H25BrFN3O2/c1-3-15-12-16(24(2)23-15)19(25)22-13-14-8-7-9-17(18(14)21)26-11-6-4-5-10-20/h7-9,12H,3-6,10-11,13H2,1-2H3,(H,22,25). The van der Waals surface area contributed by atoms with Crippen molar-refractivity contribution < 1.29 is 13.9 Å². The lowest BCUT2D eigenvalue weighted by Gasteiger charge is -2.11. The van der Waals surface area contributed by atoms with Crippen molar-refractivity contribution >= 4 is 21.8 Å². The number of rotatable bonds is 10. The average Bonchev–Trinajstić information content (AvgIpc) is 3.02. The fourth-order valence-corrected chi connectivity index (χ4v) is 2.93. The first-order valence-electron chi connectivity index (χ1n) is 8.84. The Morgan fingerprint density at radius 1 is 1.35 bits per heavy atom. The fraction of sp³-hybridized carbons (Fsp3) is 0.474. The lowest BCUT2D eigenvalue weighted by molar-refractivity contribution is 0.0941. The summed E-state index contributed by atoms with van der Waals surface area (Å²) in [4.78, 5) is 12.3. The Morgan fingerprint density at radius 2 is 2.15 bits per heavy atom. The van der Waals surface area contributed by atoms with Gasteiger partial charge in [-0.05, 0) is 37.8 Å². The van der Waals surface area contributed by atoms with Gasteiger partial charge in [-0.2, -0.15) is 5.10 Å². The molecule has 0 radical (unpaired) electrons. The van der Waals surface area contributed by atoms with Crippen molar-refractivity contribution in [3.05, 3.63) is 47.0 Å². The molecule has 26 heavy (non-hydrogen) atoms. The minimum atomic E-state index is -0.424. The van der Waals surface area contributed by atoms with Crippen LogP contribution in [0.4, 0.5) is 4.39 Å². The minimum Gasteiger partial charge on any atom is -0.491 e. The van der Waals surface area contributed by atoms with Crippen LogP contribution in [-0.2, 0) is 20.0 Å². The number of carbonyl (C=O) groups excluding carboxylic acids is 1. The molecule has 1 aromatic carbocycles. The van der Waals surface area contributed by atoms with E-state index in [0.717, 1.165) is 36.7 Å². The third-order valence-electron chi connectivity index (χ3n) is 4.04. The van der Waals surface area contributed by atoms with Crippen molar-refractivity contribution in [3.8, 4) is 5.75 Å². The highest BCUT2D eigenvalue weighted by molar-refractivity contribution is 9.09. The lowest BCUT2D eigenvalue weighted by atomic mass is 10.2. The van der Waals surface area contributed by atoms with Crippen LogP contribution in [0.3, 0.4) is 0 Å². The molecule has 0 aliphatic heterocycles. The van der Waals surface area contributed by atoms with Gasteiger partial charge in [0.1, 0.15) is 5.69 Å². The van der Waals surface area contributed by atoms with Crippen LogP contribution in [0, 0.1) is 5.82 Å². The third kappa shape index (κ3) is 5.56. The smallest absolute Gasteiger partial charge is 0.269 e. The van der Waals surface area contributed by atoms with Gasteiger partial charge < -0.3 is 10.1 Å². The summed E-state index contributed by atoms with van der Waals surface area (Å²) in [5.74, 6) is -0.475. The van der Waals surface area contributed by atoms with E-state index in [0.29, 0.717) is 17.9 Å². The largest absolute Gasteiger partial charge is 0.491 e. The van der Waals surface area contributed by atoms with Crippen LogP contribution >= 0.6 is 15.9 Å². The van der Waals surface area contributed by atoms with Gasteiger partial charge in [-0.1, -0.05) is 35.0 Å². The van der Waals surface area contributed by atoms with Crippen LogP contribution in [0.25, 0.3) is 0 Å². The molecule has 0 spiro atoms. The summed E-state index contributed by atoms with van der Waals surface area (Å²) >= 11 is 3.38. The van der Waals surface area contributed by atoms with Crippen LogP contribution < -0.4 is 10.1 Å². The average molecular weight is 426 g/mol. The van der Waals surface area contributed by atoms with Gasteiger partial charge in [0.05, 0.1) is 12.3 Å². The Morgan fingerprint density at radius 3 is 2.85 bits per heavy atom. The molecule has 1 heterocycles. The molecule has 0 aliphatic carbocycles. The highest BCUT2D eigenvalue weighted by Gasteiger charge is 2.14. The van der Waals surface area contributed by atoms with Gasteiger partial charge in [0.25, 0.3) is 5.91 Å². The molecule has 0 bridgehead atoms. The molecule has 1 N–H and O–H groups in total. The van der Waals surface area contributed by atoms with Crippen LogP contribution in [0.5, 0.6) is 5.75 Å². The predicted molar refractivity (Wildman–Crippen MR) is 103 cm³/mol. The number of benzene rings is 1. The number of nitrogens with one attached hydrogen (secondary N) is 1. The maximum Gasteiger partial charge on any atom is 0.269 e. The Labute approximate surface area is 162 Å². The predicted octanol–water partition coefficient (Wildman–Crippen LogP) is 4.00. The zero-order chi connectivity index (χ0) is 18.9. The molecule has 142 valence electrons. The summed E-state index contributed by atoms with van der Waals surface area (Å²) in [6.07, 6.45) is 3.75. The topological polar surface area (TPSA) is 56.1 Å². The maximum atomic E-state index is 14.5. The van der Waals surface area contributed by atoms with E-state index in [1.807, 2.05) is 6.92 Å². The summed E-state index contributed by atoms with van der Waals surface area (Å²) < 4.78 is 21.6. The van der Waals surface area contributed by atoms with E-state index < -0.39 is 5.82 Å². The quantitative estimate of drug-likeness (QED) is 0.462. The molecular formula is C19H25BrFN3O2. The van der Waals surface area contributed by atoms with Crippen molar-refractivity contribution in [3.63, 3.8) is 0 Å². The van der Waals surface area contributed by atoms with Gasteiger partial charge >= 0.3 is 0 Å². The number of amides is 1.